The third-order valence-corrected chi connectivity index (χ3v) is 2.63. The molecule has 0 saturated carbocycles. The molecule has 19 heavy (non-hydrogen) atoms. The van der Waals surface area contributed by atoms with Crippen molar-refractivity contribution in [3.05, 3.63) is 59.3 Å². The highest BCUT2D eigenvalue weighted by molar-refractivity contribution is 5.19. The fourth-order valence-corrected chi connectivity index (χ4v) is 1.66. The number of nitrogens with one attached hydrogen (secondary N) is 1. The van der Waals surface area contributed by atoms with Crippen LogP contribution in [0.2, 0.25) is 0 Å². The van der Waals surface area contributed by atoms with Gasteiger partial charge in [-0.3, -0.25) is 0 Å². The van der Waals surface area contributed by atoms with E-state index >= 15 is 0 Å². The van der Waals surface area contributed by atoms with Gasteiger partial charge in [0.1, 0.15) is 11.6 Å². The van der Waals surface area contributed by atoms with E-state index in [4.69, 9.17) is 4.74 Å². The molecule has 0 bridgehead atoms. The van der Waals surface area contributed by atoms with Crippen LogP contribution in [0.15, 0.2) is 36.4 Å². The molecule has 1 heterocycles. The van der Waals surface area contributed by atoms with Crippen LogP contribution in [0.3, 0.4) is 0 Å². The van der Waals surface area contributed by atoms with Crippen LogP contribution < -0.4 is 10.1 Å². The average Bonchev–Trinajstić information content (AvgIpc) is 2.41. The van der Waals surface area contributed by atoms with E-state index in [1.54, 1.807) is 13.2 Å². The second kappa shape index (κ2) is 6.24. The first-order valence-electron chi connectivity index (χ1n) is 5.83. The standard InChI is InChI=1S/C14H14F2N2O/c1-19-14-4-2-3-12(18-14)9-17-8-10-5-6-11(15)7-13(10)16/h2-7,17H,8-9H2,1H3. The van der Waals surface area contributed by atoms with Crippen molar-refractivity contribution in [2.75, 3.05) is 7.11 Å². The lowest BCUT2D eigenvalue weighted by Gasteiger charge is -2.07. The maximum absolute atomic E-state index is 13.4. The molecule has 0 fully saturated rings. The zero-order valence-corrected chi connectivity index (χ0v) is 10.5. The van der Waals surface area contributed by atoms with E-state index in [1.807, 2.05) is 12.1 Å². The van der Waals surface area contributed by atoms with Crippen LogP contribution in [0.5, 0.6) is 5.88 Å². The lowest BCUT2D eigenvalue weighted by molar-refractivity contribution is 0.395. The molecule has 100 valence electrons. The van der Waals surface area contributed by atoms with Crippen molar-refractivity contribution < 1.29 is 13.5 Å². The van der Waals surface area contributed by atoms with Crippen LogP contribution in [0.25, 0.3) is 0 Å². The lowest BCUT2D eigenvalue weighted by Crippen LogP contribution is -2.14. The van der Waals surface area contributed by atoms with Crippen LogP contribution in [-0.4, -0.2) is 12.1 Å². The van der Waals surface area contributed by atoms with Gasteiger partial charge in [0.2, 0.25) is 5.88 Å². The van der Waals surface area contributed by atoms with E-state index in [1.165, 1.54) is 12.1 Å². The molecule has 1 N–H and O–H groups in total. The number of benzene rings is 1. The van der Waals surface area contributed by atoms with Gasteiger partial charge in [0.25, 0.3) is 0 Å². The smallest absolute Gasteiger partial charge is 0.213 e. The Bertz CT molecular complexity index is 561. The van der Waals surface area contributed by atoms with Gasteiger partial charge in [0.05, 0.1) is 12.8 Å². The third kappa shape index (κ3) is 3.72. The number of hydrogen-bond donors (Lipinski definition) is 1. The first-order valence-corrected chi connectivity index (χ1v) is 5.83. The number of rotatable bonds is 5. The van der Waals surface area contributed by atoms with E-state index in [9.17, 15) is 8.78 Å². The second-order valence-corrected chi connectivity index (χ2v) is 4.01. The molecule has 0 amide bonds. The molecule has 0 aliphatic heterocycles. The number of aromatic nitrogens is 1. The van der Waals surface area contributed by atoms with Crippen molar-refractivity contribution in [3.63, 3.8) is 0 Å². The zero-order valence-electron chi connectivity index (χ0n) is 10.5. The summed E-state index contributed by atoms with van der Waals surface area (Å²) in [4.78, 5) is 4.22. The Balaban J connectivity index is 1.92. The van der Waals surface area contributed by atoms with Crippen molar-refractivity contribution in [2.45, 2.75) is 13.1 Å². The Kier molecular flexibility index (Phi) is 4.41. The highest BCUT2D eigenvalue weighted by Gasteiger charge is 2.03. The predicted octanol–water partition coefficient (Wildman–Crippen LogP) is 2.66. The molecule has 0 aliphatic carbocycles. The number of halogens is 2. The zero-order chi connectivity index (χ0) is 13.7. The van der Waals surface area contributed by atoms with Crippen molar-refractivity contribution in [1.29, 1.82) is 0 Å². The van der Waals surface area contributed by atoms with Crippen molar-refractivity contribution >= 4 is 0 Å². The molecule has 0 unspecified atom stereocenters. The molecular weight excluding hydrogens is 250 g/mol. The summed E-state index contributed by atoms with van der Waals surface area (Å²) in [5.41, 5.74) is 1.21. The first kappa shape index (κ1) is 13.4. The highest BCUT2D eigenvalue weighted by atomic mass is 19.1. The summed E-state index contributed by atoms with van der Waals surface area (Å²) in [5, 5.41) is 3.05. The SMILES string of the molecule is COc1cccc(CNCc2ccc(F)cc2F)n1. The average molecular weight is 264 g/mol. The van der Waals surface area contributed by atoms with E-state index < -0.39 is 11.6 Å². The van der Waals surface area contributed by atoms with Crippen LogP contribution in [0, 0.1) is 11.6 Å². The van der Waals surface area contributed by atoms with Gasteiger partial charge in [-0.25, -0.2) is 13.8 Å². The van der Waals surface area contributed by atoms with Gasteiger partial charge in [-0.2, -0.15) is 0 Å². The Hall–Kier alpha value is -2.01. The largest absolute Gasteiger partial charge is 0.481 e. The molecule has 1 aromatic heterocycles. The topological polar surface area (TPSA) is 34.1 Å². The van der Waals surface area contributed by atoms with Gasteiger partial charge in [0, 0.05) is 30.8 Å². The van der Waals surface area contributed by atoms with E-state index in [0.29, 0.717) is 24.5 Å². The van der Waals surface area contributed by atoms with Crippen LogP contribution in [0.4, 0.5) is 8.78 Å². The Morgan fingerprint density at radius 3 is 2.74 bits per heavy atom. The Morgan fingerprint density at radius 1 is 1.16 bits per heavy atom. The minimum Gasteiger partial charge on any atom is -0.481 e. The number of pyridine rings is 1. The van der Waals surface area contributed by atoms with Gasteiger partial charge >= 0.3 is 0 Å². The molecule has 0 saturated heterocycles. The fraction of sp³-hybridized carbons (Fsp3) is 0.214. The normalized spacial score (nSPS) is 10.5. The third-order valence-electron chi connectivity index (χ3n) is 2.63. The number of ether oxygens (including phenoxy) is 1. The molecular formula is C14H14F2N2O. The van der Waals surface area contributed by atoms with Gasteiger partial charge in [-0.1, -0.05) is 12.1 Å². The monoisotopic (exact) mass is 264 g/mol. The number of methoxy groups -OCH3 is 1. The van der Waals surface area contributed by atoms with E-state index in [2.05, 4.69) is 10.3 Å². The molecule has 0 spiro atoms. The number of nitrogens with zero attached hydrogens (tertiary/aromatic N) is 1. The minimum absolute atomic E-state index is 0.311. The molecule has 1 aromatic carbocycles. The molecule has 3 nitrogen and oxygen atoms in total. The van der Waals surface area contributed by atoms with E-state index in [0.717, 1.165) is 11.8 Å². The molecule has 5 heteroatoms. The summed E-state index contributed by atoms with van der Waals surface area (Å²) in [6, 6.07) is 8.97. The fourth-order valence-electron chi connectivity index (χ4n) is 1.66. The molecule has 2 aromatic rings. The van der Waals surface area contributed by atoms with Crippen LogP contribution in [0.1, 0.15) is 11.3 Å². The molecule has 0 radical (unpaired) electrons. The minimum atomic E-state index is -0.573. The van der Waals surface area contributed by atoms with Gasteiger partial charge in [0.15, 0.2) is 0 Å². The van der Waals surface area contributed by atoms with E-state index in [-0.39, 0.29) is 0 Å². The van der Waals surface area contributed by atoms with Crippen LogP contribution >= 0.6 is 0 Å². The second-order valence-electron chi connectivity index (χ2n) is 4.01. The van der Waals surface area contributed by atoms with Gasteiger partial charge < -0.3 is 10.1 Å². The molecule has 2 rings (SSSR count). The number of hydrogen-bond acceptors (Lipinski definition) is 3. The van der Waals surface area contributed by atoms with Crippen molar-refractivity contribution in [2.24, 2.45) is 0 Å². The summed E-state index contributed by atoms with van der Waals surface area (Å²) in [7, 11) is 1.55. The lowest BCUT2D eigenvalue weighted by atomic mass is 10.2. The maximum Gasteiger partial charge on any atom is 0.213 e. The van der Waals surface area contributed by atoms with Gasteiger partial charge in [-0.15, -0.1) is 0 Å². The summed E-state index contributed by atoms with van der Waals surface area (Å²) in [6.07, 6.45) is 0. The summed E-state index contributed by atoms with van der Waals surface area (Å²) >= 11 is 0. The van der Waals surface area contributed by atoms with Crippen molar-refractivity contribution in [3.8, 4) is 5.88 Å². The summed E-state index contributed by atoms with van der Waals surface area (Å²) in [5.74, 6) is -0.589. The maximum atomic E-state index is 13.4. The molecule has 0 aliphatic rings. The highest BCUT2D eigenvalue weighted by Crippen LogP contribution is 2.10. The predicted molar refractivity (Wildman–Crippen MR) is 67.7 cm³/mol. The Labute approximate surface area is 110 Å². The van der Waals surface area contributed by atoms with Crippen molar-refractivity contribution in [1.82, 2.24) is 10.3 Å². The quantitative estimate of drug-likeness (QED) is 0.901. The first-order chi connectivity index (χ1) is 9.19. The summed E-state index contributed by atoms with van der Waals surface area (Å²) < 4.78 is 31.1. The van der Waals surface area contributed by atoms with Crippen LogP contribution in [-0.2, 0) is 13.1 Å². The summed E-state index contributed by atoms with van der Waals surface area (Å²) in [6.45, 7) is 0.791. The van der Waals surface area contributed by atoms with Gasteiger partial charge in [-0.05, 0) is 12.1 Å². The Morgan fingerprint density at radius 2 is 2.00 bits per heavy atom. The molecule has 0 atom stereocenters.